The van der Waals surface area contributed by atoms with Crippen molar-refractivity contribution in [2.75, 3.05) is 26.4 Å². The van der Waals surface area contributed by atoms with E-state index in [1.807, 2.05) is 19.0 Å². The van der Waals surface area contributed by atoms with Gasteiger partial charge in [-0.25, -0.2) is 0 Å². The monoisotopic (exact) mass is 274 g/mol. The fourth-order valence-corrected chi connectivity index (χ4v) is 3.52. The van der Waals surface area contributed by atoms with E-state index in [1.54, 1.807) is 0 Å². The highest BCUT2D eigenvalue weighted by Gasteiger charge is 2.20. The summed E-state index contributed by atoms with van der Waals surface area (Å²) in [5, 5.41) is 10.8. The Bertz CT molecular complexity index is 429. The van der Waals surface area contributed by atoms with Crippen LogP contribution < -0.4 is 0 Å². The van der Waals surface area contributed by atoms with E-state index in [-0.39, 0.29) is 11.5 Å². The van der Waals surface area contributed by atoms with Gasteiger partial charge in [-0.15, -0.1) is 23.1 Å². The molecule has 0 aromatic carbocycles. The molecule has 0 saturated heterocycles. The summed E-state index contributed by atoms with van der Waals surface area (Å²) in [6, 6.07) is 1.37. The van der Waals surface area contributed by atoms with E-state index >= 15 is 0 Å². The molecule has 0 aliphatic rings. The molecule has 1 aromatic rings. The standard InChI is InChI=1S/C10H14N2O3S2/c1-7(13)9-6-8(12(14)15)10(17-9)16-5-4-11(2)3/h6H,4-5H2,1-3H3. The average molecular weight is 274 g/mol. The molecule has 0 aliphatic heterocycles. The summed E-state index contributed by atoms with van der Waals surface area (Å²) in [4.78, 5) is 24.0. The van der Waals surface area contributed by atoms with Crippen molar-refractivity contribution in [3.05, 3.63) is 21.1 Å². The molecule has 1 rings (SSSR count). The molecular formula is C10H14N2O3S2. The summed E-state index contributed by atoms with van der Waals surface area (Å²) in [5.74, 6) is 0.642. The van der Waals surface area contributed by atoms with Gasteiger partial charge in [0.15, 0.2) is 5.78 Å². The summed E-state index contributed by atoms with van der Waals surface area (Å²) in [5.41, 5.74) is 0.0453. The lowest BCUT2D eigenvalue weighted by molar-refractivity contribution is -0.387. The first-order valence-electron chi connectivity index (χ1n) is 4.98. The number of nitro groups is 1. The fraction of sp³-hybridized carbons (Fsp3) is 0.500. The molecule has 0 spiro atoms. The number of hydrogen-bond acceptors (Lipinski definition) is 6. The second-order valence-electron chi connectivity index (χ2n) is 3.75. The maximum atomic E-state index is 11.2. The van der Waals surface area contributed by atoms with Gasteiger partial charge in [0.2, 0.25) is 0 Å². The minimum Gasteiger partial charge on any atom is -0.309 e. The molecule has 0 saturated carbocycles. The van der Waals surface area contributed by atoms with Crippen LogP contribution in [0.5, 0.6) is 0 Å². The highest BCUT2D eigenvalue weighted by molar-refractivity contribution is 8.01. The molecule has 0 N–H and O–H groups in total. The molecule has 1 aromatic heterocycles. The zero-order chi connectivity index (χ0) is 13.0. The van der Waals surface area contributed by atoms with Crippen molar-refractivity contribution >= 4 is 34.6 Å². The predicted molar refractivity (Wildman–Crippen MR) is 70.3 cm³/mol. The summed E-state index contributed by atoms with van der Waals surface area (Å²) in [6.07, 6.45) is 0. The van der Waals surface area contributed by atoms with Crippen molar-refractivity contribution in [3.8, 4) is 0 Å². The van der Waals surface area contributed by atoms with Gasteiger partial charge in [0.1, 0.15) is 4.21 Å². The lowest BCUT2D eigenvalue weighted by Gasteiger charge is -2.07. The molecule has 5 nitrogen and oxygen atoms in total. The van der Waals surface area contributed by atoms with E-state index < -0.39 is 4.92 Å². The van der Waals surface area contributed by atoms with Crippen molar-refractivity contribution in [2.45, 2.75) is 11.1 Å². The van der Waals surface area contributed by atoms with Crippen LogP contribution in [0.4, 0.5) is 5.69 Å². The van der Waals surface area contributed by atoms with Gasteiger partial charge in [-0.3, -0.25) is 14.9 Å². The van der Waals surface area contributed by atoms with E-state index in [1.165, 1.54) is 36.1 Å². The molecule has 0 amide bonds. The van der Waals surface area contributed by atoms with Crippen LogP contribution in [0.2, 0.25) is 0 Å². The fourth-order valence-electron chi connectivity index (χ4n) is 1.09. The first kappa shape index (κ1) is 14.1. The van der Waals surface area contributed by atoms with Gasteiger partial charge in [0.05, 0.1) is 9.80 Å². The summed E-state index contributed by atoms with van der Waals surface area (Å²) < 4.78 is 0.613. The van der Waals surface area contributed by atoms with E-state index in [0.717, 1.165) is 12.3 Å². The number of rotatable bonds is 6. The molecule has 94 valence electrons. The Hall–Kier alpha value is -0.920. The number of Topliss-reactive ketones (excluding diaryl/α,β-unsaturated/α-hetero) is 1. The van der Waals surface area contributed by atoms with Crippen LogP contribution >= 0.6 is 23.1 Å². The number of nitrogens with zero attached hydrogens (tertiary/aromatic N) is 2. The van der Waals surface area contributed by atoms with Gasteiger partial charge in [0.25, 0.3) is 5.69 Å². The lowest BCUT2D eigenvalue weighted by Crippen LogP contribution is -2.14. The van der Waals surface area contributed by atoms with E-state index in [4.69, 9.17) is 0 Å². The van der Waals surface area contributed by atoms with Crippen LogP contribution in [0, 0.1) is 10.1 Å². The molecule has 0 atom stereocenters. The van der Waals surface area contributed by atoms with Crippen LogP contribution in [0.15, 0.2) is 10.3 Å². The number of hydrogen-bond donors (Lipinski definition) is 0. The second-order valence-corrected chi connectivity index (χ2v) is 6.16. The molecule has 0 fully saturated rings. The Morgan fingerprint density at radius 2 is 2.24 bits per heavy atom. The first-order valence-corrected chi connectivity index (χ1v) is 6.78. The highest BCUT2D eigenvalue weighted by Crippen LogP contribution is 2.37. The average Bonchev–Trinajstić information content (AvgIpc) is 2.61. The number of thiophene rings is 1. The van der Waals surface area contributed by atoms with Gasteiger partial charge in [-0.1, -0.05) is 0 Å². The van der Waals surface area contributed by atoms with Crippen LogP contribution in [0.1, 0.15) is 16.6 Å². The predicted octanol–water partition coefficient (Wildman–Crippen LogP) is 2.51. The van der Waals surface area contributed by atoms with Gasteiger partial charge >= 0.3 is 0 Å². The zero-order valence-electron chi connectivity index (χ0n) is 9.93. The molecule has 7 heteroatoms. The summed E-state index contributed by atoms with van der Waals surface area (Å²) in [7, 11) is 3.90. The zero-order valence-corrected chi connectivity index (χ0v) is 11.6. The highest BCUT2D eigenvalue weighted by atomic mass is 32.2. The van der Waals surface area contributed by atoms with Gasteiger partial charge < -0.3 is 4.90 Å². The number of carbonyl (C=O) groups excluding carboxylic acids is 1. The van der Waals surface area contributed by atoms with E-state index in [0.29, 0.717) is 9.09 Å². The Labute approximate surface area is 108 Å². The maximum absolute atomic E-state index is 11.2. The lowest BCUT2D eigenvalue weighted by atomic mass is 10.3. The number of thioether (sulfide) groups is 1. The van der Waals surface area contributed by atoms with Gasteiger partial charge in [-0.2, -0.15) is 0 Å². The molecule has 0 unspecified atom stereocenters. The van der Waals surface area contributed by atoms with Crippen molar-refractivity contribution < 1.29 is 9.72 Å². The van der Waals surface area contributed by atoms with Gasteiger partial charge in [0, 0.05) is 18.4 Å². The van der Waals surface area contributed by atoms with E-state index in [2.05, 4.69) is 0 Å². The van der Waals surface area contributed by atoms with Crippen LogP contribution in [0.25, 0.3) is 0 Å². The Morgan fingerprint density at radius 3 is 2.71 bits per heavy atom. The van der Waals surface area contributed by atoms with Crippen molar-refractivity contribution in [1.29, 1.82) is 0 Å². The van der Waals surface area contributed by atoms with Crippen LogP contribution in [-0.2, 0) is 0 Å². The molecule has 0 bridgehead atoms. The normalized spacial score (nSPS) is 10.8. The third kappa shape index (κ3) is 4.10. The second kappa shape index (κ2) is 6.13. The quantitative estimate of drug-likeness (QED) is 0.345. The van der Waals surface area contributed by atoms with Crippen molar-refractivity contribution in [2.24, 2.45) is 0 Å². The smallest absolute Gasteiger partial charge is 0.294 e. The number of ketones is 1. The number of carbonyl (C=O) groups is 1. The minimum atomic E-state index is -0.430. The molecule has 0 aliphatic carbocycles. The molecular weight excluding hydrogens is 260 g/mol. The molecule has 1 heterocycles. The summed E-state index contributed by atoms with van der Waals surface area (Å²) in [6.45, 7) is 2.26. The third-order valence-electron chi connectivity index (χ3n) is 1.99. The largest absolute Gasteiger partial charge is 0.309 e. The van der Waals surface area contributed by atoms with Crippen LogP contribution in [0.3, 0.4) is 0 Å². The first-order chi connectivity index (χ1) is 7.91. The summed E-state index contributed by atoms with van der Waals surface area (Å²) >= 11 is 2.63. The van der Waals surface area contributed by atoms with Crippen LogP contribution in [-0.4, -0.2) is 42.0 Å². The van der Waals surface area contributed by atoms with E-state index in [9.17, 15) is 14.9 Å². The molecule has 0 radical (unpaired) electrons. The van der Waals surface area contributed by atoms with Crippen molar-refractivity contribution in [1.82, 2.24) is 4.90 Å². The minimum absolute atomic E-state index is 0.0453. The van der Waals surface area contributed by atoms with Crippen molar-refractivity contribution in [3.63, 3.8) is 0 Å². The van der Waals surface area contributed by atoms with Gasteiger partial charge in [-0.05, 0) is 21.0 Å². The SMILES string of the molecule is CC(=O)c1cc([N+](=O)[O-])c(SCCN(C)C)s1. The Kier molecular flexibility index (Phi) is 5.10. The Morgan fingerprint density at radius 1 is 1.59 bits per heavy atom. The third-order valence-corrected chi connectivity index (χ3v) is 4.48. The maximum Gasteiger partial charge on any atom is 0.294 e. The Balaban J connectivity index is 2.81. The molecule has 17 heavy (non-hydrogen) atoms. The topological polar surface area (TPSA) is 63.4 Å².